The molecule has 11 aromatic rings. The summed E-state index contributed by atoms with van der Waals surface area (Å²) in [6, 6.07) is 35.5. The second-order valence-electron chi connectivity index (χ2n) is 37.0. The molecule has 8 aliphatic heterocycles. The molecule has 7 aromatic carbocycles. The summed E-state index contributed by atoms with van der Waals surface area (Å²) in [5.74, 6) is -13.7. The number of aromatic hydroxyl groups is 1. The largest absolute Gasteiger partial charge is 0.502 e. The molecule has 8 amide bonds. The summed E-state index contributed by atoms with van der Waals surface area (Å²) >= 11 is 0. The van der Waals surface area contributed by atoms with Crippen LogP contribution in [0.5, 0.6) is 23.0 Å². The van der Waals surface area contributed by atoms with Crippen molar-refractivity contribution in [3.05, 3.63) is 372 Å². The summed E-state index contributed by atoms with van der Waals surface area (Å²) < 4.78 is 162. The number of pyridine rings is 4. The minimum absolute atomic E-state index is 0.00281. The number of carbonyl (C=O) groups is 8. The molecule has 6 N–H and O–H groups in total. The van der Waals surface area contributed by atoms with Crippen molar-refractivity contribution in [3.8, 4) is 23.0 Å². The highest BCUT2D eigenvalue weighted by Gasteiger charge is 2.49. The van der Waals surface area contributed by atoms with Gasteiger partial charge in [-0.2, -0.15) is 0 Å². The zero-order valence-corrected chi connectivity index (χ0v) is 81.0. The fraction of sp³-hybridized carbons (Fsp3) is 0.314. The lowest BCUT2D eigenvalue weighted by Gasteiger charge is -2.42. The van der Waals surface area contributed by atoms with Crippen LogP contribution in [-0.4, -0.2) is 189 Å². The van der Waals surface area contributed by atoms with Crippen LogP contribution in [0.15, 0.2) is 220 Å². The van der Waals surface area contributed by atoms with E-state index in [4.69, 9.17) is 14.2 Å². The third-order valence-electron chi connectivity index (χ3n) is 27.2. The smallest absolute Gasteiger partial charge is 0.278 e. The third kappa shape index (κ3) is 21.5. The maximum Gasteiger partial charge on any atom is 0.278 e. The number of aromatic nitrogens is 4. The average Bonchev–Trinajstić information content (AvgIpc) is 1.71. The van der Waals surface area contributed by atoms with E-state index in [1.807, 2.05) is 80.4 Å². The molecule has 3 fully saturated rings. The molecule has 0 spiro atoms. The molecule has 3 saturated heterocycles. The number of amides is 8. The molecule has 4 aromatic heterocycles. The van der Waals surface area contributed by atoms with Crippen molar-refractivity contribution in [2.75, 3.05) is 46.7 Å². The van der Waals surface area contributed by atoms with E-state index in [9.17, 15) is 112 Å². The molecular weight excluding hydrogens is 1950 g/mol. The molecule has 12 heterocycles. The second kappa shape index (κ2) is 43.8. The van der Waals surface area contributed by atoms with Gasteiger partial charge in [0.25, 0.3) is 47.3 Å². The molecule has 33 nitrogen and oxygen atoms in total. The first kappa shape index (κ1) is 104. The van der Waals surface area contributed by atoms with E-state index in [-0.39, 0.29) is 189 Å². The van der Waals surface area contributed by atoms with Gasteiger partial charge in [-0.25, -0.2) is 43.9 Å². The highest BCUT2D eigenvalue weighted by atomic mass is 19.2. The van der Waals surface area contributed by atoms with Gasteiger partial charge in [-0.15, -0.1) is 0 Å². The van der Waals surface area contributed by atoms with E-state index in [1.165, 1.54) is 70.2 Å². The summed E-state index contributed by atoms with van der Waals surface area (Å²) in [6.07, 6.45) is 5.99. The van der Waals surface area contributed by atoms with Gasteiger partial charge in [0, 0.05) is 134 Å². The second-order valence-corrected chi connectivity index (χ2v) is 37.0. The Kier molecular flexibility index (Phi) is 30.9. The van der Waals surface area contributed by atoms with Crippen LogP contribution >= 0.6 is 0 Å². The normalized spacial score (nSPS) is 20.2. The van der Waals surface area contributed by atoms with Crippen LogP contribution in [0.2, 0.25) is 0 Å². The van der Waals surface area contributed by atoms with Gasteiger partial charge >= 0.3 is 0 Å². The number of hydrogen-bond acceptors (Lipinski definition) is 21. The number of rotatable bonds is 21. The van der Waals surface area contributed by atoms with Crippen LogP contribution < -0.4 is 77.2 Å². The Morgan fingerprint density at radius 3 is 0.932 bits per heavy atom. The number of aliphatic hydroxyl groups excluding tert-OH is 1. The van der Waals surface area contributed by atoms with Gasteiger partial charge in [0.05, 0.1) is 30.3 Å². The Hall–Kier alpha value is -16.5. The van der Waals surface area contributed by atoms with E-state index < -0.39 is 169 Å². The Balaban J connectivity index is 0.000000141. The Morgan fingerprint density at radius 2 is 0.608 bits per heavy atom. The van der Waals surface area contributed by atoms with E-state index in [1.54, 1.807) is 103 Å². The SMILES string of the molecule is C[C@@H]1C=C[C@H](C)N2CN1n1cc(C(=O)NCc3ccc(F)cc3F)c(=O)c(OCc3ccccc3)c1C2=O.C[C@@H]1C[C@@H](O)[C@H](C)N2CN1n1cc(C(=O)NCc3ccc(F)cc3F)c(=O)c(OCc3ccccc3)c1C2=O.C[C@@H]1C[C@H](F)[C@H](C)N2CN1n1cc(C(=O)NCc3ccc(F)cc3F)c(=O)c(O)c1C2=O.C[C@@H]1C[C@H](F)[C@H](C)N2CN1n1cc(C(=O)NCc3ccc(F)cc3F)c(=O)c(OCc3ccccc3)c1C2=O. The summed E-state index contributed by atoms with van der Waals surface area (Å²) in [7, 11) is 0. The van der Waals surface area contributed by atoms with Crippen LogP contribution in [-0.2, 0) is 46.0 Å². The van der Waals surface area contributed by atoms with Gasteiger partial charge in [0.1, 0.15) is 128 Å². The molecular formula is C105H102F10N16O17. The maximum absolute atomic E-state index is 15.0. The number of ether oxygens (including phenoxy) is 3. The van der Waals surface area contributed by atoms with Crippen molar-refractivity contribution in [2.45, 2.75) is 187 Å². The minimum atomic E-state index is -1.31. The number of hydrogen-bond donors (Lipinski definition) is 6. The predicted octanol–water partition coefficient (Wildman–Crippen LogP) is 11.0. The lowest BCUT2D eigenvalue weighted by atomic mass is 10.1. The molecule has 0 saturated carbocycles. The number of halogens is 10. The zero-order valence-electron chi connectivity index (χ0n) is 81.0. The summed E-state index contributed by atoms with van der Waals surface area (Å²) in [5, 5.41) is 38.0. The van der Waals surface area contributed by atoms with Crippen molar-refractivity contribution >= 4 is 47.3 Å². The molecule has 148 heavy (non-hydrogen) atoms. The standard InChI is InChI=1S/C28H27F3N4O4.C28H28F2N4O5.C28H26F2N4O4.C21H21F3N4O4/c1-16-10-22(30)17(2)33-15-35(16)34-13-21(27(37)32-12-19-8-9-20(29)11-23(19)31)25(36)26(24(34)28(33)38)39-14-18-6-4-3-5-7-18;1-16-10-23(35)17(2)32-15-34(16)33-13-21(27(37)31-12-19-8-9-20(29)11-22(19)30)25(36)26(24(33)28(32)38)39-14-18-6-4-3-5-7-18;1-17-8-9-18(2)34-16-32(17)28(37)24-26(38-15-19-6-4-3-5-7-19)25(35)22(14-33(24)34)27(36)31-13-20-10-11-21(29)12-23(20)30;1-10-5-15(23)11(2)26-9-28(10)27-8-14(18(29)19(30)17(27)21(26)32)20(31)25-7-12-3-4-13(22)6-16(12)24/h3-9,11,13,16-17,22H,10,12,14-15H2,1-2H3,(H,32,37);3-9,11,13,16-17,23,35H,10,12,14-15H2,1-2H3,(H,31,37);3-12,14,17-18H,13,15-16H2,1-2H3,(H,31,36);3-4,6,8,10-11,15,30H,5,7,9H2,1-2H3,(H,25,31)/t16-,17+,22+;16-,17+,23-;17-,18+;10-,11+,15+/m1101/s1. The number of benzene rings is 7. The first-order valence-corrected chi connectivity index (χ1v) is 47.4. The fourth-order valence-corrected chi connectivity index (χ4v) is 18.3. The van der Waals surface area contributed by atoms with Gasteiger partial charge < -0.3 is 65.3 Å². The molecule has 8 bridgehead atoms. The molecule has 11 atom stereocenters. The third-order valence-corrected chi connectivity index (χ3v) is 27.2. The Morgan fingerprint density at radius 1 is 0.338 bits per heavy atom. The fourth-order valence-electron chi connectivity index (χ4n) is 18.3. The number of alkyl halides is 2. The average molecular weight is 2050 g/mol. The molecule has 43 heteroatoms. The van der Waals surface area contributed by atoms with E-state index >= 15 is 0 Å². The summed E-state index contributed by atoms with van der Waals surface area (Å²) in [6.45, 7) is 13.3. The topological polar surface area (TPSA) is 367 Å². The van der Waals surface area contributed by atoms with Crippen LogP contribution in [0.4, 0.5) is 43.9 Å². The lowest BCUT2D eigenvalue weighted by molar-refractivity contribution is 0.0407. The zero-order chi connectivity index (χ0) is 106. The number of nitrogens with zero attached hydrogens (tertiary/aromatic N) is 12. The lowest BCUT2D eigenvalue weighted by Crippen LogP contribution is -2.58. The highest BCUT2D eigenvalue weighted by Crippen LogP contribution is 2.37. The van der Waals surface area contributed by atoms with Crippen LogP contribution in [0.1, 0.15) is 197 Å². The van der Waals surface area contributed by atoms with Gasteiger partial charge in [-0.3, -0.25) is 96.3 Å². The molecule has 0 aliphatic carbocycles. The summed E-state index contributed by atoms with van der Waals surface area (Å²) in [5.41, 5.74) is -2.97. The molecule has 774 valence electrons. The van der Waals surface area contributed by atoms with Crippen molar-refractivity contribution in [1.29, 1.82) is 0 Å². The van der Waals surface area contributed by atoms with Crippen molar-refractivity contribution < 1.29 is 107 Å². The van der Waals surface area contributed by atoms with Crippen molar-refractivity contribution in [3.63, 3.8) is 0 Å². The highest BCUT2D eigenvalue weighted by molar-refractivity contribution is 6.03. The number of carbonyl (C=O) groups excluding carboxylic acids is 8. The molecule has 8 aliphatic rings. The van der Waals surface area contributed by atoms with E-state index in [0.29, 0.717) is 24.6 Å². The monoisotopic (exact) mass is 2050 g/mol. The quantitative estimate of drug-likeness (QED) is 0.0287. The van der Waals surface area contributed by atoms with E-state index in [0.717, 1.165) is 59.3 Å². The van der Waals surface area contributed by atoms with Gasteiger partial charge in [0.2, 0.25) is 21.7 Å². The minimum Gasteiger partial charge on any atom is -0.502 e. The van der Waals surface area contributed by atoms with Gasteiger partial charge in [-0.1, -0.05) is 127 Å². The first-order valence-electron chi connectivity index (χ1n) is 47.4. The molecule has 0 radical (unpaired) electrons. The van der Waals surface area contributed by atoms with Crippen molar-refractivity contribution in [1.82, 2.24) is 59.6 Å². The summed E-state index contributed by atoms with van der Waals surface area (Å²) in [4.78, 5) is 165. The Bertz CT molecular complexity index is 7090. The van der Waals surface area contributed by atoms with Crippen molar-refractivity contribution in [2.24, 2.45) is 0 Å². The van der Waals surface area contributed by atoms with Crippen LogP contribution in [0.3, 0.4) is 0 Å². The molecule has 19 rings (SSSR count). The van der Waals surface area contributed by atoms with Crippen LogP contribution in [0.25, 0.3) is 0 Å². The van der Waals surface area contributed by atoms with Gasteiger partial charge in [-0.05, 0) is 103 Å². The predicted molar refractivity (Wildman–Crippen MR) is 518 cm³/mol. The number of nitrogens with one attached hydrogen (secondary N) is 4. The maximum atomic E-state index is 15.0. The number of fused-ring (bicyclic) bond motifs is 16. The Labute approximate surface area is 838 Å². The van der Waals surface area contributed by atoms with E-state index in [2.05, 4.69) is 21.3 Å². The van der Waals surface area contributed by atoms with Gasteiger partial charge in [0.15, 0.2) is 45.8 Å². The number of aliphatic hydroxyl groups is 1. The molecule has 0 unspecified atom stereocenters. The van der Waals surface area contributed by atoms with Crippen LogP contribution in [0, 0.1) is 46.5 Å². The first-order chi connectivity index (χ1) is 70.6.